The van der Waals surface area contributed by atoms with Crippen molar-refractivity contribution in [3.8, 4) is 0 Å². The Morgan fingerprint density at radius 1 is 1.38 bits per heavy atom. The summed E-state index contributed by atoms with van der Waals surface area (Å²) in [6.07, 6.45) is -0.713. The van der Waals surface area contributed by atoms with Crippen LogP contribution < -0.4 is 0 Å². The predicted octanol–water partition coefficient (Wildman–Crippen LogP) is 3.09. The first kappa shape index (κ1) is 16.2. The molecular formula is C16H22ClFN2O. The van der Waals surface area contributed by atoms with Crippen molar-refractivity contribution in [1.29, 1.82) is 0 Å². The van der Waals surface area contributed by atoms with E-state index >= 15 is 0 Å². The smallest absolute Gasteiger partial charge is 0.253 e. The highest BCUT2D eigenvalue weighted by Gasteiger charge is 2.32. The van der Waals surface area contributed by atoms with E-state index in [4.69, 9.17) is 11.6 Å². The van der Waals surface area contributed by atoms with Gasteiger partial charge in [-0.1, -0.05) is 25.4 Å². The minimum absolute atomic E-state index is 0.0253. The van der Waals surface area contributed by atoms with Gasteiger partial charge < -0.3 is 4.90 Å². The molecule has 1 aliphatic heterocycles. The first-order valence-electron chi connectivity index (χ1n) is 7.27. The number of carbonyl (C=O) groups is 1. The van der Waals surface area contributed by atoms with Crippen molar-refractivity contribution in [3.05, 3.63) is 34.9 Å². The quantitative estimate of drug-likeness (QED) is 0.834. The lowest BCUT2D eigenvalue weighted by atomic mass is 9.99. The second kappa shape index (κ2) is 6.75. The molecule has 1 atom stereocenters. The fourth-order valence-corrected chi connectivity index (χ4v) is 2.77. The van der Waals surface area contributed by atoms with Crippen LogP contribution >= 0.6 is 11.6 Å². The molecule has 1 aliphatic rings. The highest BCUT2D eigenvalue weighted by Crippen LogP contribution is 2.19. The number of likely N-dealkylation sites (tertiary alicyclic amines) is 1. The van der Waals surface area contributed by atoms with Crippen LogP contribution in [-0.2, 0) is 0 Å². The fraction of sp³-hybridized carbons (Fsp3) is 0.562. The van der Waals surface area contributed by atoms with Gasteiger partial charge in [-0.25, -0.2) is 4.39 Å². The van der Waals surface area contributed by atoms with E-state index in [9.17, 15) is 9.18 Å². The molecule has 0 saturated carbocycles. The van der Waals surface area contributed by atoms with Crippen molar-refractivity contribution < 1.29 is 9.18 Å². The third-order valence-corrected chi connectivity index (χ3v) is 4.29. The lowest BCUT2D eigenvalue weighted by Crippen LogP contribution is -2.55. The Kier molecular flexibility index (Phi) is 5.22. The van der Waals surface area contributed by atoms with Crippen molar-refractivity contribution in [2.75, 3.05) is 26.7 Å². The van der Waals surface area contributed by atoms with Crippen LogP contribution in [0.1, 0.15) is 24.2 Å². The van der Waals surface area contributed by atoms with Crippen LogP contribution in [-0.4, -0.2) is 54.6 Å². The number of benzene rings is 1. The van der Waals surface area contributed by atoms with E-state index in [-0.39, 0.29) is 11.9 Å². The molecule has 2 rings (SSSR count). The van der Waals surface area contributed by atoms with Gasteiger partial charge in [0.1, 0.15) is 6.17 Å². The molecule has 1 fully saturated rings. The maximum atomic E-state index is 12.9. The Labute approximate surface area is 130 Å². The van der Waals surface area contributed by atoms with Crippen LogP contribution in [0.4, 0.5) is 4.39 Å². The van der Waals surface area contributed by atoms with E-state index in [2.05, 4.69) is 18.7 Å². The summed E-state index contributed by atoms with van der Waals surface area (Å²) in [6, 6.07) is 6.98. The zero-order valence-electron chi connectivity index (χ0n) is 12.7. The molecule has 3 nitrogen and oxygen atoms in total. The normalized spacial score (nSPS) is 17.6. The highest BCUT2D eigenvalue weighted by atomic mass is 35.5. The van der Waals surface area contributed by atoms with Crippen LogP contribution in [0.5, 0.6) is 0 Å². The van der Waals surface area contributed by atoms with Gasteiger partial charge in [0.2, 0.25) is 0 Å². The van der Waals surface area contributed by atoms with Gasteiger partial charge in [-0.2, -0.15) is 0 Å². The number of carbonyl (C=O) groups excluding carboxylic acids is 1. The molecule has 1 aromatic rings. The summed E-state index contributed by atoms with van der Waals surface area (Å²) >= 11 is 5.85. The molecule has 0 aliphatic carbocycles. The van der Waals surface area contributed by atoms with Crippen LogP contribution in [0.3, 0.4) is 0 Å². The zero-order valence-corrected chi connectivity index (χ0v) is 13.5. The van der Waals surface area contributed by atoms with Crippen molar-refractivity contribution in [2.45, 2.75) is 26.1 Å². The van der Waals surface area contributed by atoms with Gasteiger partial charge in [-0.15, -0.1) is 0 Å². The Balaban J connectivity index is 2.04. The number of hydrogen-bond acceptors (Lipinski definition) is 2. The minimum atomic E-state index is -0.713. The van der Waals surface area contributed by atoms with Crippen molar-refractivity contribution in [2.24, 2.45) is 5.92 Å². The molecule has 116 valence electrons. The SMILES string of the molecule is CC(C)C(CN1CC(F)C1)N(C)C(=O)c1ccc(Cl)cc1. The predicted molar refractivity (Wildman–Crippen MR) is 83.5 cm³/mol. The summed E-state index contributed by atoms with van der Waals surface area (Å²) in [5.74, 6) is 0.285. The Morgan fingerprint density at radius 3 is 2.43 bits per heavy atom. The van der Waals surface area contributed by atoms with Crippen molar-refractivity contribution >= 4 is 17.5 Å². The largest absolute Gasteiger partial charge is 0.337 e. The molecule has 1 aromatic carbocycles. The van der Waals surface area contributed by atoms with Gasteiger partial charge in [0.15, 0.2) is 0 Å². The molecule has 1 saturated heterocycles. The zero-order chi connectivity index (χ0) is 15.6. The van der Waals surface area contributed by atoms with E-state index in [1.807, 2.05) is 7.05 Å². The molecule has 0 radical (unpaired) electrons. The molecule has 0 spiro atoms. The van der Waals surface area contributed by atoms with E-state index < -0.39 is 6.17 Å². The monoisotopic (exact) mass is 312 g/mol. The Hall–Kier alpha value is -1.13. The summed E-state index contributed by atoms with van der Waals surface area (Å²) in [5.41, 5.74) is 0.625. The molecule has 1 amide bonds. The van der Waals surface area contributed by atoms with E-state index in [0.29, 0.717) is 36.1 Å². The minimum Gasteiger partial charge on any atom is -0.337 e. The first-order chi connectivity index (χ1) is 9.88. The number of halogens is 2. The van der Waals surface area contributed by atoms with Crippen molar-refractivity contribution in [3.63, 3.8) is 0 Å². The highest BCUT2D eigenvalue weighted by molar-refractivity contribution is 6.30. The summed E-state index contributed by atoms with van der Waals surface area (Å²) in [5, 5.41) is 0.615. The average Bonchev–Trinajstić information content (AvgIpc) is 2.41. The summed E-state index contributed by atoms with van der Waals surface area (Å²) in [6.45, 7) is 5.85. The third kappa shape index (κ3) is 3.95. The van der Waals surface area contributed by atoms with E-state index in [1.165, 1.54) is 0 Å². The molecule has 0 N–H and O–H groups in total. The van der Waals surface area contributed by atoms with Crippen molar-refractivity contribution in [1.82, 2.24) is 9.80 Å². The van der Waals surface area contributed by atoms with Gasteiger partial charge in [0.25, 0.3) is 5.91 Å². The van der Waals surface area contributed by atoms with Gasteiger partial charge in [-0.05, 0) is 30.2 Å². The molecule has 1 unspecified atom stereocenters. The molecule has 1 heterocycles. The standard InChI is InChI=1S/C16H22ClFN2O/c1-11(2)15(10-20-8-14(18)9-20)19(3)16(21)12-4-6-13(17)7-5-12/h4-7,11,14-15H,8-10H2,1-3H3. The third-order valence-electron chi connectivity index (χ3n) is 4.04. The summed E-state index contributed by atoms with van der Waals surface area (Å²) in [7, 11) is 1.81. The van der Waals surface area contributed by atoms with Gasteiger partial charge in [0, 0.05) is 43.3 Å². The fourth-order valence-electron chi connectivity index (χ4n) is 2.65. The Morgan fingerprint density at radius 2 is 1.95 bits per heavy atom. The maximum absolute atomic E-state index is 12.9. The molecule has 5 heteroatoms. The number of nitrogens with zero attached hydrogens (tertiary/aromatic N) is 2. The number of hydrogen-bond donors (Lipinski definition) is 0. The molecule has 21 heavy (non-hydrogen) atoms. The van der Waals surface area contributed by atoms with Crippen LogP contribution in [0, 0.1) is 5.92 Å². The maximum Gasteiger partial charge on any atom is 0.253 e. The lowest BCUT2D eigenvalue weighted by Gasteiger charge is -2.41. The number of likely N-dealkylation sites (N-methyl/N-ethyl adjacent to an activating group) is 1. The van der Waals surface area contributed by atoms with Crippen LogP contribution in [0.15, 0.2) is 24.3 Å². The average molecular weight is 313 g/mol. The van der Waals surface area contributed by atoms with Gasteiger partial charge in [-0.3, -0.25) is 9.69 Å². The lowest BCUT2D eigenvalue weighted by molar-refractivity contribution is 0.0277. The number of alkyl halides is 1. The van der Waals surface area contributed by atoms with E-state index in [0.717, 1.165) is 0 Å². The van der Waals surface area contributed by atoms with Gasteiger partial charge >= 0.3 is 0 Å². The summed E-state index contributed by atoms with van der Waals surface area (Å²) in [4.78, 5) is 16.4. The van der Waals surface area contributed by atoms with E-state index in [1.54, 1.807) is 29.2 Å². The first-order valence-corrected chi connectivity index (χ1v) is 7.65. The summed E-state index contributed by atoms with van der Waals surface area (Å²) < 4.78 is 12.9. The molecular weight excluding hydrogens is 291 g/mol. The van der Waals surface area contributed by atoms with Crippen LogP contribution in [0.25, 0.3) is 0 Å². The topological polar surface area (TPSA) is 23.6 Å². The van der Waals surface area contributed by atoms with Gasteiger partial charge in [0.05, 0.1) is 0 Å². The van der Waals surface area contributed by atoms with Crippen LogP contribution in [0.2, 0.25) is 5.02 Å². The molecule has 0 aromatic heterocycles. The Bertz CT molecular complexity index is 486. The molecule has 0 bridgehead atoms. The second-order valence-corrected chi connectivity index (χ2v) is 6.49. The number of amides is 1. The number of rotatable bonds is 5. The second-order valence-electron chi connectivity index (χ2n) is 6.05.